The molecule has 0 spiro atoms. The van der Waals surface area contributed by atoms with Crippen LogP contribution in [-0.2, 0) is 16.6 Å². The van der Waals surface area contributed by atoms with Crippen molar-refractivity contribution in [3.05, 3.63) is 70.8 Å². The Hall–Kier alpha value is -2.09. The molecule has 1 atom stereocenters. The summed E-state index contributed by atoms with van der Waals surface area (Å²) >= 11 is 0. The lowest BCUT2D eigenvalue weighted by Crippen LogP contribution is -2.35. The van der Waals surface area contributed by atoms with Gasteiger partial charge in [0.15, 0.2) is 0 Å². The van der Waals surface area contributed by atoms with Crippen LogP contribution in [0.5, 0.6) is 0 Å². The summed E-state index contributed by atoms with van der Waals surface area (Å²) < 4.78 is 0. The molecule has 0 aliphatic heterocycles. The smallest absolute Gasteiger partial charge is 0.314 e. The van der Waals surface area contributed by atoms with Gasteiger partial charge in [-0.15, -0.1) is 0 Å². The van der Waals surface area contributed by atoms with Crippen LogP contribution in [0.4, 0.5) is 0 Å². The summed E-state index contributed by atoms with van der Waals surface area (Å²) in [7, 11) is 0. The minimum Gasteiger partial charge on any atom is -0.481 e. The van der Waals surface area contributed by atoms with E-state index >= 15 is 0 Å². The molecule has 0 radical (unpaired) electrons. The lowest BCUT2D eigenvalue weighted by molar-refractivity contribution is -0.143. The highest BCUT2D eigenvalue weighted by atomic mass is 16.4. The molecular weight excluding hydrogens is 248 g/mol. The molecule has 2 aromatic carbocycles. The van der Waals surface area contributed by atoms with Crippen LogP contribution in [0, 0.1) is 13.8 Å². The number of aryl methyl sites for hydroxylation is 2. The van der Waals surface area contributed by atoms with Crippen LogP contribution in [0.25, 0.3) is 0 Å². The second-order valence-electron chi connectivity index (χ2n) is 5.61. The largest absolute Gasteiger partial charge is 0.481 e. The topological polar surface area (TPSA) is 37.3 Å². The van der Waals surface area contributed by atoms with Gasteiger partial charge in [-0.25, -0.2) is 0 Å². The van der Waals surface area contributed by atoms with Crippen molar-refractivity contribution in [2.24, 2.45) is 0 Å². The van der Waals surface area contributed by atoms with Crippen molar-refractivity contribution in [1.82, 2.24) is 0 Å². The zero-order valence-electron chi connectivity index (χ0n) is 12.2. The summed E-state index contributed by atoms with van der Waals surface area (Å²) in [4.78, 5) is 11.8. The van der Waals surface area contributed by atoms with E-state index in [9.17, 15) is 9.90 Å². The molecule has 0 bridgehead atoms. The van der Waals surface area contributed by atoms with E-state index in [-0.39, 0.29) is 0 Å². The Labute approximate surface area is 120 Å². The second kappa shape index (κ2) is 5.49. The molecule has 2 heteroatoms. The average Bonchev–Trinajstić information content (AvgIpc) is 2.42. The summed E-state index contributed by atoms with van der Waals surface area (Å²) in [5, 5.41) is 9.71. The van der Waals surface area contributed by atoms with E-state index in [1.54, 1.807) is 6.92 Å². The highest BCUT2D eigenvalue weighted by molar-refractivity contribution is 5.81. The third-order valence-electron chi connectivity index (χ3n) is 3.97. The average molecular weight is 268 g/mol. The quantitative estimate of drug-likeness (QED) is 0.913. The molecule has 0 saturated carbocycles. The number of aliphatic carboxylic acids is 1. The third kappa shape index (κ3) is 2.74. The van der Waals surface area contributed by atoms with Crippen LogP contribution in [0.15, 0.2) is 48.5 Å². The van der Waals surface area contributed by atoms with Gasteiger partial charge in [-0.3, -0.25) is 4.79 Å². The number of carboxylic acids is 1. The zero-order chi connectivity index (χ0) is 14.8. The van der Waals surface area contributed by atoms with Gasteiger partial charge in [0.25, 0.3) is 0 Å². The number of hydrogen-bond donors (Lipinski definition) is 1. The van der Waals surface area contributed by atoms with Gasteiger partial charge in [0.2, 0.25) is 0 Å². The highest BCUT2D eigenvalue weighted by Gasteiger charge is 2.35. The molecule has 1 unspecified atom stereocenters. The molecule has 0 amide bonds. The minimum atomic E-state index is -0.903. The van der Waals surface area contributed by atoms with Gasteiger partial charge < -0.3 is 5.11 Å². The molecule has 20 heavy (non-hydrogen) atoms. The normalized spacial score (nSPS) is 13.8. The highest BCUT2D eigenvalue weighted by Crippen LogP contribution is 2.30. The van der Waals surface area contributed by atoms with Crippen molar-refractivity contribution in [2.45, 2.75) is 32.6 Å². The van der Waals surface area contributed by atoms with Gasteiger partial charge in [-0.05, 0) is 43.9 Å². The van der Waals surface area contributed by atoms with E-state index in [1.165, 1.54) is 0 Å². The van der Waals surface area contributed by atoms with Crippen molar-refractivity contribution in [1.29, 1.82) is 0 Å². The van der Waals surface area contributed by atoms with E-state index in [1.807, 2.05) is 62.4 Å². The van der Waals surface area contributed by atoms with Crippen LogP contribution >= 0.6 is 0 Å². The molecule has 104 valence electrons. The molecule has 0 heterocycles. The number of carboxylic acid groups (broad SMARTS) is 1. The predicted octanol–water partition coefficient (Wildman–Crippen LogP) is 3.89. The molecule has 0 aromatic heterocycles. The number of benzene rings is 2. The van der Waals surface area contributed by atoms with Crippen molar-refractivity contribution in [3.63, 3.8) is 0 Å². The van der Waals surface area contributed by atoms with Crippen molar-refractivity contribution in [2.75, 3.05) is 0 Å². The SMILES string of the molecule is Cc1ccc(C(C)(Cc2ccccc2C)C(=O)O)cc1. The maximum absolute atomic E-state index is 11.8. The Morgan fingerprint density at radius 3 is 2.20 bits per heavy atom. The first-order valence-corrected chi connectivity index (χ1v) is 6.78. The maximum Gasteiger partial charge on any atom is 0.314 e. The molecule has 1 N–H and O–H groups in total. The van der Waals surface area contributed by atoms with Crippen LogP contribution in [-0.4, -0.2) is 11.1 Å². The molecule has 2 rings (SSSR count). The van der Waals surface area contributed by atoms with Gasteiger partial charge in [-0.1, -0.05) is 54.1 Å². The summed E-state index contributed by atoms with van der Waals surface area (Å²) in [5.41, 5.74) is 3.29. The molecule has 0 aliphatic carbocycles. The van der Waals surface area contributed by atoms with Gasteiger partial charge >= 0.3 is 5.97 Å². The zero-order valence-corrected chi connectivity index (χ0v) is 12.2. The first kappa shape index (κ1) is 14.3. The monoisotopic (exact) mass is 268 g/mol. The molecular formula is C18H20O2. The Bertz CT molecular complexity index is 614. The second-order valence-corrected chi connectivity index (χ2v) is 5.61. The molecule has 2 aromatic rings. The summed E-state index contributed by atoms with van der Waals surface area (Å²) in [6.45, 7) is 5.82. The Kier molecular flexibility index (Phi) is 3.93. The predicted molar refractivity (Wildman–Crippen MR) is 81.0 cm³/mol. The summed E-state index contributed by atoms with van der Waals surface area (Å²) in [6, 6.07) is 15.7. The van der Waals surface area contributed by atoms with Crippen LogP contribution in [0.1, 0.15) is 29.2 Å². The Balaban J connectivity index is 2.43. The van der Waals surface area contributed by atoms with E-state index < -0.39 is 11.4 Å². The first-order chi connectivity index (χ1) is 9.43. The fraction of sp³-hybridized carbons (Fsp3) is 0.278. The van der Waals surface area contributed by atoms with E-state index in [2.05, 4.69) is 0 Å². The van der Waals surface area contributed by atoms with Crippen molar-refractivity contribution < 1.29 is 9.90 Å². The molecule has 0 aliphatic rings. The standard InChI is InChI=1S/C18H20O2/c1-13-8-10-16(11-9-13)18(3,17(19)20)12-15-7-5-4-6-14(15)2/h4-11H,12H2,1-3H3,(H,19,20). The van der Waals surface area contributed by atoms with E-state index in [0.717, 1.165) is 22.3 Å². The van der Waals surface area contributed by atoms with E-state index in [0.29, 0.717) is 6.42 Å². The van der Waals surface area contributed by atoms with Crippen LogP contribution in [0.2, 0.25) is 0 Å². The Morgan fingerprint density at radius 1 is 1.05 bits per heavy atom. The van der Waals surface area contributed by atoms with Gasteiger partial charge in [0.1, 0.15) is 0 Å². The first-order valence-electron chi connectivity index (χ1n) is 6.78. The Morgan fingerprint density at radius 2 is 1.65 bits per heavy atom. The fourth-order valence-electron chi connectivity index (χ4n) is 2.41. The van der Waals surface area contributed by atoms with Crippen LogP contribution in [0.3, 0.4) is 0 Å². The number of rotatable bonds is 4. The van der Waals surface area contributed by atoms with Gasteiger partial charge in [-0.2, -0.15) is 0 Å². The molecule has 0 saturated heterocycles. The van der Waals surface area contributed by atoms with E-state index in [4.69, 9.17) is 0 Å². The lowest BCUT2D eigenvalue weighted by Gasteiger charge is -2.26. The van der Waals surface area contributed by atoms with Crippen molar-refractivity contribution >= 4 is 5.97 Å². The van der Waals surface area contributed by atoms with Gasteiger partial charge in [0.05, 0.1) is 5.41 Å². The molecule has 2 nitrogen and oxygen atoms in total. The third-order valence-corrected chi connectivity index (χ3v) is 3.97. The number of carbonyl (C=O) groups is 1. The van der Waals surface area contributed by atoms with Crippen molar-refractivity contribution in [3.8, 4) is 0 Å². The maximum atomic E-state index is 11.8. The molecule has 0 fully saturated rings. The van der Waals surface area contributed by atoms with Gasteiger partial charge in [0, 0.05) is 0 Å². The summed E-state index contributed by atoms with van der Waals surface area (Å²) in [5.74, 6) is -0.787. The summed E-state index contributed by atoms with van der Waals surface area (Å²) in [6.07, 6.45) is 0.498. The minimum absolute atomic E-state index is 0.498. The lowest BCUT2D eigenvalue weighted by atomic mass is 9.76. The van der Waals surface area contributed by atoms with Crippen LogP contribution < -0.4 is 0 Å². The fourth-order valence-corrected chi connectivity index (χ4v) is 2.41. The number of hydrogen-bond acceptors (Lipinski definition) is 1.